The van der Waals surface area contributed by atoms with Crippen LogP contribution >= 0.6 is 34.9 Å². The lowest BCUT2D eigenvalue weighted by Gasteiger charge is -2.03. The Morgan fingerprint density at radius 1 is 1.22 bits per heavy atom. The largest absolute Gasteiger partial charge is 0.325 e. The number of pyridine rings is 1. The van der Waals surface area contributed by atoms with Gasteiger partial charge in [-0.2, -0.15) is 10.1 Å². The van der Waals surface area contributed by atoms with Gasteiger partial charge in [-0.3, -0.25) is 9.78 Å². The summed E-state index contributed by atoms with van der Waals surface area (Å²) in [5.41, 5.74) is 5.99. The van der Waals surface area contributed by atoms with Gasteiger partial charge in [-0.1, -0.05) is 36.5 Å². The van der Waals surface area contributed by atoms with Crippen LogP contribution in [0.2, 0.25) is 0 Å². The summed E-state index contributed by atoms with van der Waals surface area (Å²) in [5.74, 6) is 1.42. The molecule has 4 rings (SSSR count). The highest BCUT2D eigenvalue weighted by Crippen LogP contribution is 2.31. The average molecular weight is 485 g/mol. The van der Waals surface area contributed by atoms with Crippen molar-refractivity contribution < 1.29 is 4.79 Å². The first-order valence-electron chi connectivity index (χ1n) is 9.71. The van der Waals surface area contributed by atoms with Crippen LogP contribution in [0.1, 0.15) is 19.5 Å². The summed E-state index contributed by atoms with van der Waals surface area (Å²) in [6.45, 7) is 3.95. The average Bonchev–Trinajstić information content (AvgIpc) is 3.43. The highest BCUT2D eigenvalue weighted by Gasteiger charge is 2.10. The van der Waals surface area contributed by atoms with Gasteiger partial charge in [0.2, 0.25) is 17.0 Å². The number of hydrazone groups is 1. The van der Waals surface area contributed by atoms with Crippen molar-refractivity contribution in [1.29, 1.82) is 0 Å². The molecule has 164 valence electrons. The third-order valence-corrected chi connectivity index (χ3v) is 6.97. The third kappa shape index (κ3) is 5.84. The van der Waals surface area contributed by atoms with E-state index in [4.69, 9.17) is 0 Å². The number of benzene rings is 1. The molecular weight excluding hydrogens is 464 g/mol. The zero-order valence-corrected chi connectivity index (χ0v) is 19.8. The molecule has 0 fully saturated rings. The molecular formula is C20H20N8OS3. The number of rotatable bonds is 9. The topological polar surface area (TPSA) is 121 Å². The van der Waals surface area contributed by atoms with Gasteiger partial charge in [0.1, 0.15) is 0 Å². The third-order valence-electron chi connectivity index (χ3n) is 4.08. The van der Waals surface area contributed by atoms with Crippen molar-refractivity contribution in [1.82, 2.24) is 25.1 Å². The number of amides is 1. The van der Waals surface area contributed by atoms with E-state index in [0.717, 1.165) is 31.7 Å². The van der Waals surface area contributed by atoms with Crippen LogP contribution in [0.15, 0.2) is 57.2 Å². The Morgan fingerprint density at radius 3 is 2.94 bits per heavy atom. The number of thiazole rings is 1. The Hall–Kier alpha value is -2.96. The molecule has 0 unspecified atom stereocenters. The van der Waals surface area contributed by atoms with Crippen LogP contribution in [0.3, 0.4) is 0 Å². The van der Waals surface area contributed by atoms with Crippen molar-refractivity contribution in [3.63, 3.8) is 0 Å². The van der Waals surface area contributed by atoms with E-state index >= 15 is 0 Å². The molecule has 1 aromatic carbocycles. The summed E-state index contributed by atoms with van der Waals surface area (Å²) < 4.78 is 2.09. The van der Waals surface area contributed by atoms with E-state index in [-0.39, 0.29) is 11.7 Å². The van der Waals surface area contributed by atoms with Crippen LogP contribution in [0.5, 0.6) is 0 Å². The minimum absolute atomic E-state index is 0.134. The van der Waals surface area contributed by atoms with Crippen molar-refractivity contribution in [3.05, 3.63) is 48.3 Å². The number of nitrogens with zero attached hydrogens (tertiary/aromatic N) is 5. The van der Waals surface area contributed by atoms with Crippen LogP contribution in [0.25, 0.3) is 10.2 Å². The van der Waals surface area contributed by atoms with E-state index in [0.29, 0.717) is 16.8 Å². The van der Waals surface area contributed by atoms with Gasteiger partial charge >= 0.3 is 0 Å². The van der Waals surface area contributed by atoms with E-state index in [2.05, 4.69) is 47.9 Å². The number of aromatic amines is 1. The molecule has 0 saturated carbocycles. The predicted molar refractivity (Wildman–Crippen MR) is 132 cm³/mol. The quantitative estimate of drug-likeness (QED) is 0.181. The molecule has 3 heterocycles. The summed E-state index contributed by atoms with van der Waals surface area (Å²) in [5, 5.41) is 14.5. The first-order chi connectivity index (χ1) is 15.6. The van der Waals surface area contributed by atoms with E-state index in [1.807, 2.05) is 43.3 Å². The van der Waals surface area contributed by atoms with E-state index in [1.54, 1.807) is 29.3 Å². The van der Waals surface area contributed by atoms with Gasteiger partial charge in [0.25, 0.3) is 0 Å². The Balaban J connectivity index is 1.29. The van der Waals surface area contributed by atoms with E-state index in [1.165, 1.54) is 11.8 Å². The Bertz CT molecular complexity index is 1240. The molecule has 0 saturated heterocycles. The Kier molecular flexibility index (Phi) is 7.35. The summed E-state index contributed by atoms with van der Waals surface area (Å²) >= 11 is 4.58. The lowest BCUT2D eigenvalue weighted by Crippen LogP contribution is -2.14. The number of H-pyrrole nitrogens is 1. The van der Waals surface area contributed by atoms with Crippen molar-refractivity contribution in [2.45, 2.75) is 23.3 Å². The molecule has 9 nitrogen and oxygen atoms in total. The fourth-order valence-corrected chi connectivity index (χ4v) is 5.23. The zero-order valence-electron chi connectivity index (χ0n) is 17.3. The molecule has 3 aromatic heterocycles. The second-order valence-electron chi connectivity index (χ2n) is 6.42. The van der Waals surface area contributed by atoms with Gasteiger partial charge in [-0.05, 0) is 43.0 Å². The molecule has 0 bridgehead atoms. The van der Waals surface area contributed by atoms with Crippen LogP contribution in [0, 0.1) is 0 Å². The molecule has 12 heteroatoms. The van der Waals surface area contributed by atoms with E-state index < -0.39 is 0 Å². The first kappa shape index (κ1) is 22.2. The maximum Gasteiger partial charge on any atom is 0.240 e. The molecule has 0 aliphatic carbocycles. The Labute approximate surface area is 196 Å². The summed E-state index contributed by atoms with van der Waals surface area (Å²) in [6.07, 6.45) is 1.71. The summed E-state index contributed by atoms with van der Waals surface area (Å²) in [6, 6.07) is 11.4. The van der Waals surface area contributed by atoms with Gasteiger partial charge < -0.3 is 5.32 Å². The molecule has 0 aliphatic rings. The number of hydrogen-bond acceptors (Lipinski definition) is 10. The van der Waals surface area contributed by atoms with Gasteiger partial charge in [0.05, 0.1) is 27.4 Å². The second kappa shape index (κ2) is 10.6. The number of anilines is 2. The Morgan fingerprint density at radius 2 is 2.12 bits per heavy atom. The first-order valence-corrected chi connectivity index (χ1v) is 12.5. The summed E-state index contributed by atoms with van der Waals surface area (Å²) in [7, 11) is 0. The fraction of sp³-hybridized carbons (Fsp3) is 0.200. The van der Waals surface area contributed by atoms with Crippen molar-refractivity contribution in [2.24, 2.45) is 5.10 Å². The zero-order chi connectivity index (χ0) is 22.3. The van der Waals surface area contributed by atoms with Gasteiger partial charge in [0.15, 0.2) is 4.34 Å². The summed E-state index contributed by atoms with van der Waals surface area (Å²) in [4.78, 5) is 25.4. The lowest BCUT2D eigenvalue weighted by atomic mass is 10.3. The second-order valence-corrected chi connectivity index (χ2v) is 9.91. The molecule has 0 radical (unpaired) electrons. The number of thioether (sulfide) groups is 2. The molecule has 0 aliphatic heterocycles. The molecule has 0 spiro atoms. The number of nitrogens with one attached hydrogen (secondary N) is 3. The minimum Gasteiger partial charge on any atom is -0.325 e. The standard InChI is InChI=1S/C20H20N8OS3/c1-3-30-20-23-15-8-7-13(10-16(15)32-20)22-17(29)11-31-19-24-18(27-28-19)26-25-12(2)14-6-4-5-9-21-14/h4-10H,3,11H2,1-2H3,(H,22,29)(H2,24,26,27,28)/b25-12+. The maximum atomic E-state index is 12.3. The highest BCUT2D eigenvalue weighted by molar-refractivity contribution is 8.01. The number of carbonyl (C=O) groups excluding carboxylic acids is 1. The molecule has 3 N–H and O–H groups in total. The van der Waals surface area contributed by atoms with Crippen molar-refractivity contribution in [2.75, 3.05) is 22.2 Å². The van der Waals surface area contributed by atoms with Gasteiger partial charge in [0, 0.05) is 11.9 Å². The van der Waals surface area contributed by atoms with Crippen molar-refractivity contribution >= 4 is 68.3 Å². The van der Waals surface area contributed by atoms with Crippen LogP contribution in [0.4, 0.5) is 11.6 Å². The molecule has 4 aromatic rings. The minimum atomic E-state index is -0.134. The predicted octanol–water partition coefficient (Wildman–Crippen LogP) is 4.49. The maximum absolute atomic E-state index is 12.3. The van der Waals surface area contributed by atoms with Crippen LogP contribution in [-0.4, -0.2) is 48.3 Å². The number of carbonyl (C=O) groups is 1. The molecule has 0 atom stereocenters. The van der Waals surface area contributed by atoms with Gasteiger partial charge in [-0.25, -0.2) is 15.5 Å². The number of fused-ring (bicyclic) bond motifs is 1. The lowest BCUT2D eigenvalue weighted by molar-refractivity contribution is -0.113. The number of aromatic nitrogens is 5. The van der Waals surface area contributed by atoms with Gasteiger partial charge in [-0.15, -0.1) is 16.4 Å². The van der Waals surface area contributed by atoms with Crippen LogP contribution in [-0.2, 0) is 4.79 Å². The highest BCUT2D eigenvalue weighted by atomic mass is 32.2. The smallest absolute Gasteiger partial charge is 0.240 e. The van der Waals surface area contributed by atoms with E-state index in [9.17, 15) is 4.79 Å². The SMILES string of the molecule is CCSc1nc2ccc(NC(=O)CSc3n[nH]c(N/N=C(\C)c4ccccn4)n3)cc2s1. The normalized spacial score (nSPS) is 11.6. The molecule has 1 amide bonds. The van der Waals surface area contributed by atoms with Crippen LogP contribution < -0.4 is 10.7 Å². The van der Waals surface area contributed by atoms with Crippen molar-refractivity contribution in [3.8, 4) is 0 Å². The molecule has 32 heavy (non-hydrogen) atoms. The monoisotopic (exact) mass is 484 g/mol. The fourth-order valence-electron chi connectivity index (χ4n) is 2.63. The number of hydrogen-bond donors (Lipinski definition) is 3.